The van der Waals surface area contributed by atoms with Crippen LogP contribution in [-0.2, 0) is 0 Å². The third-order valence-electron chi connectivity index (χ3n) is 4.14. The van der Waals surface area contributed by atoms with E-state index in [1.165, 1.54) is 0 Å². The third-order valence-corrected chi connectivity index (χ3v) is 4.34. The second-order valence-corrected chi connectivity index (χ2v) is 6.20. The lowest BCUT2D eigenvalue weighted by molar-refractivity contribution is 0.0966. The number of amides is 1. The molecule has 2 aromatic carbocycles. The van der Waals surface area contributed by atoms with Gasteiger partial charge in [-0.05, 0) is 50.3 Å². The molecular weight excluding hydrogens is 410 g/mol. The molecule has 5 nitrogen and oxygen atoms in total. The molecule has 2 aromatic rings. The summed E-state index contributed by atoms with van der Waals surface area (Å²) in [5.41, 5.74) is 0.0323. The van der Waals surface area contributed by atoms with Crippen LogP contribution >= 0.6 is 12.2 Å². The van der Waals surface area contributed by atoms with Crippen molar-refractivity contribution in [1.82, 2.24) is 5.32 Å². The van der Waals surface area contributed by atoms with E-state index in [4.69, 9.17) is 12.2 Å². The van der Waals surface area contributed by atoms with Crippen molar-refractivity contribution in [2.45, 2.75) is 13.8 Å². The Bertz CT molecular complexity index is 890. The number of anilines is 2. The van der Waals surface area contributed by atoms with E-state index in [1.54, 1.807) is 12.1 Å². The Kier molecular flexibility index (Phi) is 7.38. The number of nitrogens with one attached hydrogen (secondary N) is 2. The van der Waals surface area contributed by atoms with E-state index in [0.717, 1.165) is 25.9 Å². The highest BCUT2D eigenvalue weighted by molar-refractivity contribution is 7.80. The van der Waals surface area contributed by atoms with Crippen LogP contribution in [0.15, 0.2) is 24.3 Å². The fourth-order valence-electron chi connectivity index (χ4n) is 2.66. The van der Waals surface area contributed by atoms with Crippen molar-refractivity contribution in [3.8, 4) is 5.75 Å². The topological polar surface area (TPSA) is 53.6 Å². The van der Waals surface area contributed by atoms with Gasteiger partial charge in [-0.3, -0.25) is 10.1 Å². The van der Waals surface area contributed by atoms with Gasteiger partial charge in [0.05, 0.1) is 7.11 Å². The molecule has 0 saturated carbocycles. The molecule has 0 unspecified atom stereocenters. The van der Waals surface area contributed by atoms with Gasteiger partial charge >= 0.3 is 0 Å². The molecular formula is C19H19F4N3O2S. The van der Waals surface area contributed by atoms with Gasteiger partial charge in [0, 0.05) is 24.5 Å². The summed E-state index contributed by atoms with van der Waals surface area (Å²) in [6, 6.07) is 7.04. The van der Waals surface area contributed by atoms with Gasteiger partial charge in [0.15, 0.2) is 22.5 Å². The summed E-state index contributed by atoms with van der Waals surface area (Å²) < 4.78 is 59.8. The van der Waals surface area contributed by atoms with Gasteiger partial charge in [0.2, 0.25) is 11.6 Å². The number of carbonyl (C=O) groups is 1. The first-order valence-electron chi connectivity index (χ1n) is 8.62. The lowest BCUT2D eigenvalue weighted by atomic mass is 10.1. The van der Waals surface area contributed by atoms with Crippen molar-refractivity contribution >= 4 is 34.6 Å². The minimum absolute atomic E-state index is 0.305. The molecule has 2 N–H and O–H groups in total. The molecule has 156 valence electrons. The van der Waals surface area contributed by atoms with Gasteiger partial charge in [-0.1, -0.05) is 0 Å². The second-order valence-electron chi connectivity index (χ2n) is 5.79. The Morgan fingerprint density at radius 3 is 1.97 bits per heavy atom. The number of nitrogens with zero attached hydrogens (tertiary/aromatic N) is 1. The van der Waals surface area contributed by atoms with E-state index in [2.05, 4.69) is 15.0 Å². The molecule has 0 heterocycles. The maximum Gasteiger partial charge on any atom is 0.263 e. The lowest BCUT2D eigenvalue weighted by Crippen LogP contribution is -2.35. The highest BCUT2D eigenvalue weighted by Crippen LogP contribution is 2.29. The van der Waals surface area contributed by atoms with Gasteiger partial charge < -0.3 is 15.0 Å². The zero-order chi connectivity index (χ0) is 21.7. The van der Waals surface area contributed by atoms with Crippen LogP contribution in [0.4, 0.5) is 28.9 Å². The van der Waals surface area contributed by atoms with Crippen LogP contribution in [0.25, 0.3) is 0 Å². The maximum absolute atomic E-state index is 14.0. The van der Waals surface area contributed by atoms with Gasteiger partial charge in [0.25, 0.3) is 5.91 Å². The molecule has 0 saturated heterocycles. The Balaban J connectivity index is 2.15. The zero-order valence-electron chi connectivity index (χ0n) is 15.9. The molecule has 0 radical (unpaired) electrons. The van der Waals surface area contributed by atoms with Crippen LogP contribution in [0.2, 0.25) is 0 Å². The molecule has 0 aliphatic carbocycles. The fraction of sp³-hybridized carbons (Fsp3) is 0.263. The molecule has 1 amide bonds. The van der Waals surface area contributed by atoms with E-state index in [9.17, 15) is 22.4 Å². The van der Waals surface area contributed by atoms with Crippen LogP contribution in [0.1, 0.15) is 24.2 Å². The fourth-order valence-corrected chi connectivity index (χ4v) is 2.87. The first-order valence-corrected chi connectivity index (χ1v) is 9.03. The summed E-state index contributed by atoms with van der Waals surface area (Å²) in [6.07, 6.45) is 0. The Labute approximate surface area is 170 Å². The van der Waals surface area contributed by atoms with Crippen LogP contribution < -0.4 is 20.3 Å². The second kappa shape index (κ2) is 9.55. The minimum Gasteiger partial charge on any atom is -0.491 e. The number of thiocarbonyl (C=S) groups is 1. The van der Waals surface area contributed by atoms with Crippen LogP contribution in [0, 0.1) is 23.3 Å². The van der Waals surface area contributed by atoms with E-state index in [0.29, 0.717) is 5.69 Å². The Hall–Kier alpha value is -2.88. The number of carbonyl (C=O) groups excluding carboxylic acids is 1. The van der Waals surface area contributed by atoms with Crippen LogP contribution in [-0.4, -0.2) is 31.2 Å². The van der Waals surface area contributed by atoms with Crippen molar-refractivity contribution in [3.05, 3.63) is 53.1 Å². The molecule has 0 aliphatic heterocycles. The molecule has 0 spiro atoms. The SMILES string of the molecule is CCN(CC)c1ccc(NC(=S)NC(=O)c2c(F)c(F)c(OC)c(F)c2F)cc1. The molecule has 10 heteroatoms. The number of hydrogen-bond acceptors (Lipinski definition) is 4. The smallest absolute Gasteiger partial charge is 0.263 e. The summed E-state index contributed by atoms with van der Waals surface area (Å²) in [4.78, 5) is 14.2. The summed E-state index contributed by atoms with van der Waals surface area (Å²) in [5, 5.41) is 4.35. The highest BCUT2D eigenvalue weighted by Gasteiger charge is 2.30. The normalized spacial score (nSPS) is 10.4. The van der Waals surface area contributed by atoms with Gasteiger partial charge in [0.1, 0.15) is 5.56 Å². The number of hydrogen-bond donors (Lipinski definition) is 2. The molecule has 2 rings (SSSR count). The van der Waals surface area contributed by atoms with Gasteiger partial charge in [-0.25, -0.2) is 8.78 Å². The number of methoxy groups -OCH3 is 1. The van der Waals surface area contributed by atoms with E-state index >= 15 is 0 Å². The molecule has 0 aliphatic rings. The molecule has 0 fully saturated rings. The van der Waals surface area contributed by atoms with E-state index in [1.807, 2.05) is 31.3 Å². The summed E-state index contributed by atoms with van der Waals surface area (Å²) in [7, 11) is 0.838. The monoisotopic (exact) mass is 429 g/mol. The predicted molar refractivity (Wildman–Crippen MR) is 107 cm³/mol. The number of rotatable bonds is 6. The predicted octanol–water partition coefficient (Wildman–Crippen LogP) is 4.22. The quantitative estimate of drug-likeness (QED) is 0.409. The highest BCUT2D eigenvalue weighted by atomic mass is 32.1. The standard InChI is InChI=1S/C19H19F4N3O2S/c1-4-26(5-2)11-8-6-10(7-9-11)24-19(29)25-18(27)12-13(20)15(22)17(28-3)16(23)14(12)21/h6-9H,4-5H2,1-3H3,(H2,24,25,27,29). The molecule has 0 aromatic heterocycles. The third kappa shape index (κ3) is 4.76. The van der Waals surface area contributed by atoms with E-state index < -0.39 is 40.5 Å². The summed E-state index contributed by atoms with van der Waals surface area (Å²) in [6.45, 7) is 5.68. The minimum atomic E-state index is -1.88. The molecule has 29 heavy (non-hydrogen) atoms. The van der Waals surface area contributed by atoms with E-state index in [-0.39, 0.29) is 5.11 Å². The van der Waals surface area contributed by atoms with Crippen molar-refractivity contribution in [3.63, 3.8) is 0 Å². The lowest BCUT2D eigenvalue weighted by Gasteiger charge is -2.21. The van der Waals surface area contributed by atoms with Crippen molar-refractivity contribution < 1.29 is 27.1 Å². The maximum atomic E-state index is 14.0. The molecule has 0 atom stereocenters. The van der Waals surface area contributed by atoms with Gasteiger partial charge in [-0.15, -0.1) is 0 Å². The van der Waals surface area contributed by atoms with Gasteiger partial charge in [-0.2, -0.15) is 8.78 Å². The number of ether oxygens (including phenoxy) is 1. The van der Waals surface area contributed by atoms with Crippen molar-refractivity contribution in [2.75, 3.05) is 30.4 Å². The number of benzene rings is 2. The average Bonchev–Trinajstić information content (AvgIpc) is 2.69. The summed E-state index contributed by atoms with van der Waals surface area (Å²) in [5.74, 6) is -10.1. The van der Waals surface area contributed by atoms with Crippen molar-refractivity contribution in [2.24, 2.45) is 0 Å². The van der Waals surface area contributed by atoms with Crippen LogP contribution in [0.3, 0.4) is 0 Å². The van der Waals surface area contributed by atoms with Crippen molar-refractivity contribution in [1.29, 1.82) is 0 Å². The Morgan fingerprint density at radius 2 is 1.52 bits per heavy atom. The van der Waals surface area contributed by atoms with Crippen LogP contribution in [0.5, 0.6) is 5.75 Å². The summed E-state index contributed by atoms with van der Waals surface area (Å²) >= 11 is 4.93. The largest absolute Gasteiger partial charge is 0.491 e. The zero-order valence-corrected chi connectivity index (χ0v) is 16.7. The average molecular weight is 429 g/mol. The first-order chi connectivity index (χ1) is 13.7. The number of halogens is 4. The Morgan fingerprint density at radius 1 is 1.00 bits per heavy atom. The molecule has 0 bridgehead atoms. The first kappa shape index (κ1) is 22.4.